The van der Waals surface area contributed by atoms with E-state index in [4.69, 9.17) is 11.6 Å². The fourth-order valence-corrected chi connectivity index (χ4v) is 1.92. The van der Waals surface area contributed by atoms with Crippen molar-refractivity contribution in [2.75, 3.05) is 7.05 Å². The molecule has 3 nitrogen and oxygen atoms in total. The lowest BCUT2D eigenvalue weighted by molar-refractivity contribution is 0.0737. The molecule has 1 heterocycles. The largest absolute Gasteiger partial charge is 0.357 e. The number of amides is 1. The van der Waals surface area contributed by atoms with Gasteiger partial charge in [0, 0.05) is 18.3 Å². The van der Waals surface area contributed by atoms with Gasteiger partial charge in [-0.05, 0) is 36.8 Å². The molecular formula is C14H15ClN2O. The normalized spacial score (nSPS) is 12.2. The van der Waals surface area contributed by atoms with Gasteiger partial charge in [-0.25, -0.2) is 0 Å². The fourth-order valence-electron chi connectivity index (χ4n) is 1.79. The first-order valence-electron chi connectivity index (χ1n) is 5.75. The monoisotopic (exact) mass is 262 g/mol. The molecule has 1 unspecified atom stereocenters. The molecule has 0 bridgehead atoms. The molecule has 4 heteroatoms. The fraction of sp³-hybridized carbons (Fsp3) is 0.214. The Balaban J connectivity index is 2.16. The van der Waals surface area contributed by atoms with Gasteiger partial charge in [-0.1, -0.05) is 23.7 Å². The standard InChI is InChI=1S/C14H15ClN2O/c1-10(11-5-7-12(15)8-6-11)17(2)14(18)13-4-3-9-16-13/h3-10,16H,1-2H3. The van der Waals surface area contributed by atoms with Crippen molar-refractivity contribution in [2.45, 2.75) is 13.0 Å². The SMILES string of the molecule is CC(c1ccc(Cl)cc1)N(C)C(=O)c1ccc[nH]1. The summed E-state index contributed by atoms with van der Waals surface area (Å²) in [5.74, 6) is -0.0255. The summed E-state index contributed by atoms with van der Waals surface area (Å²) in [7, 11) is 1.79. The second kappa shape index (κ2) is 5.27. The van der Waals surface area contributed by atoms with Crippen LogP contribution in [0.5, 0.6) is 0 Å². The molecule has 1 amide bonds. The first kappa shape index (κ1) is 12.7. The molecule has 2 rings (SSSR count). The van der Waals surface area contributed by atoms with E-state index in [0.29, 0.717) is 10.7 Å². The minimum absolute atomic E-state index is 0.00179. The molecule has 0 saturated heterocycles. The maximum Gasteiger partial charge on any atom is 0.270 e. The van der Waals surface area contributed by atoms with Crippen LogP contribution in [0.1, 0.15) is 29.0 Å². The summed E-state index contributed by atoms with van der Waals surface area (Å²) in [6.45, 7) is 1.99. The number of nitrogens with zero attached hydrogens (tertiary/aromatic N) is 1. The summed E-state index contributed by atoms with van der Waals surface area (Å²) in [5.41, 5.74) is 1.65. The molecule has 1 aromatic carbocycles. The second-order valence-electron chi connectivity index (χ2n) is 4.23. The van der Waals surface area contributed by atoms with Gasteiger partial charge in [-0.2, -0.15) is 0 Å². The molecule has 0 aliphatic carbocycles. The third kappa shape index (κ3) is 2.57. The minimum atomic E-state index is -0.0255. The zero-order valence-electron chi connectivity index (χ0n) is 10.4. The lowest BCUT2D eigenvalue weighted by Crippen LogP contribution is -2.29. The number of hydrogen-bond donors (Lipinski definition) is 1. The summed E-state index contributed by atoms with van der Waals surface area (Å²) >= 11 is 5.85. The van der Waals surface area contributed by atoms with Crippen LogP contribution >= 0.6 is 11.6 Å². The molecule has 0 saturated carbocycles. The van der Waals surface area contributed by atoms with E-state index in [-0.39, 0.29) is 11.9 Å². The van der Waals surface area contributed by atoms with Gasteiger partial charge in [0.15, 0.2) is 0 Å². The van der Waals surface area contributed by atoms with Gasteiger partial charge >= 0.3 is 0 Å². The number of halogens is 1. The minimum Gasteiger partial charge on any atom is -0.357 e. The van der Waals surface area contributed by atoms with E-state index < -0.39 is 0 Å². The van der Waals surface area contributed by atoms with Crippen LogP contribution in [-0.2, 0) is 0 Å². The molecule has 1 N–H and O–H groups in total. The van der Waals surface area contributed by atoms with Crippen LogP contribution in [0.2, 0.25) is 5.02 Å². The first-order chi connectivity index (χ1) is 8.59. The maximum atomic E-state index is 12.2. The summed E-state index contributed by atoms with van der Waals surface area (Å²) < 4.78 is 0. The zero-order valence-corrected chi connectivity index (χ0v) is 11.1. The Morgan fingerprint density at radius 3 is 2.50 bits per heavy atom. The molecule has 0 aliphatic rings. The van der Waals surface area contributed by atoms with Gasteiger partial charge in [0.1, 0.15) is 5.69 Å². The van der Waals surface area contributed by atoms with E-state index in [2.05, 4.69) is 4.98 Å². The predicted octanol–water partition coefficient (Wildman–Crippen LogP) is 3.50. The van der Waals surface area contributed by atoms with E-state index in [1.807, 2.05) is 37.3 Å². The molecule has 0 fully saturated rings. The van der Waals surface area contributed by atoms with E-state index in [1.165, 1.54) is 0 Å². The number of carbonyl (C=O) groups excluding carboxylic acids is 1. The topological polar surface area (TPSA) is 36.1 Å². The van der Waals surface area contributed by atoms with Gasteiger partial charge in [0.25, 0.3) is 5.91 Å². The molecule has 0 spiro atoms. The smallest absolute Gasteiger partial charge is 0.270 e. The highest BCUT2D eigenvalue weighted by Gasteiger charge is 2.19. The van der Waals surface area contributed by atoms with Crippen LogP contribution in [0.4, 0.5) is 0 Å². The number of carbonyl (C=O) groups is 1. The lowest BCUT2D eigenvalue weighted by Gasteiger charge is -2.25. The number of nitrogens with one attached hydrogen (secondary N) is 1. The Hall–Kier alpha value is -1.74. The number of benzene rings is 1. The van der Waals surface area contributed by atoms with Gasteiger partial charge in [-0.3, -0.25) is 4.79 Å². The highest BCUT2D eigenvalue weighted by molar-refractivity contribution is 6.30. The highest BCUT2D eigenvalue weighted by Crippen LogP contribution is 2.21. The van der Waals surface area contributed by atoms with Crippen molar-refractivity contribution in [3.63, 3.8) is 0 Å². The van der Waals surface area contributed by atoms with Crippen molar-refractivity contribution in [2.24, 2.45) is 0 Å². The Labute approximate surface area is 111 Å². The summed E-state index contributed by atoms with van der Waals surface area (Å²) in [6, 6.07) is 11.1. The summed E-state index contributed by atoms with van der Waals surface area (Å²) in [4.78, 5) is 16.8. The Bertz CT molecular complexity index is 519. The zero-order chi connectivity index (χ0) is 13.1. The van der Waals surface area contributed by atoms with E-state index in [9.17, 15) is 4.79 Å². The molecule has 0 aliphatic heterocycles. The maximum absolute atomic E-state index is 12.2. The number of aromatic nitrogens is 1. The van der Waals surface area contributed by atoms with Crippen molar-refractivity contribution < 1.29 is 4.79 Å². The number of rotatable bonds is 3. The van der Waals surface area contributed by atoms with Crippen LogP contribution in [0.25, 0.3) is 0 Å². The van der Waals surface area contributed by atoms with Gasteiger partial charge in [0.2, 0.25) is 0 Å². The lowest BCUT2D eigenvalue weighted by atomic mass is 10.1. The number of aromatic amines is 1. The van der Waals surface area contributed by atoms with Crippen LogP contribution in [0, 0.1) is 0 Å². The van der Waals surface area contributed by atoms with Gasteiger partial charge in [-0.15, -0.1) is 0 Å². The van der Waals surface area contributed by atoms with Crippen LogP contribution in [-0.4, -0.2) is 22.8 Å². The molecule has 1 atom stereocenters. The Morgan fingerprint density at radius 1 is 1.28 bits per heavy atom. The number of H-pyrrole nitrogens is 1. The van der Waals surface area contributed by atoms with Crippen molar-refractivity contribution in [3.05, 3.63) is 58.9 Å². The highest BCUT2D eigenvalue weighted by atomic mass is 35.5. The molecule has 94 valence electrons. The van der Waals surface area contributed by atoms with Crippen LogP contribution in [0.3, 0.4) is 0 Å². The average molecular weight is 263 g/mol. The molecule has 1 aromatic heterocycles. The third-order valence-corrected chi connectivity index (χ3v) is 3.33. The molecule has 18 heavy (non-hydrogen) atoms. The second-order valence-corrected chi connectivity index (χ2v) is 4.66. The van der Waals surface area contributed by atoms with Crippen molar-refractivity contribution in [1.29, 1.82) is 0 Å². The van der Waals surface area contributed by atoms with Crippen molar-refractivity contribution in [3.8, 4) is 0 Å². The summed E-state index contributed by atoms with van der Waals surface area (Å²) in [6.07, 6.45) is 1.74. The molecular weight excluding hydrogens is 248 g/mol. The number of hydrogen-bond acceptors (Lipinski definition) is 1. The van der Waals surface area contributed by atoms with Crippen LogP contribution in [0.15, 0.2) is 42.6 Å². The quantitative estimate of drug-likeness (QED) is 0.903. The first-order valence-corrected chi connectivity index (χ1v) is 6.13. The third-order valence-electron chi connectivity index (χ3n) is 3.08. The van der Waals surface area contributed by atoms with Gasteiger partial charge < -0.3 is 9.88 Å². The Kier molecular flexibility index (Phi) is 3.72. The van der Waals surface area contributed by atoms with Crippen LogP contribution < -0.4 is 0 Å². The predicted molar refractivity (Wildman–Crippen MR) is 72.8 cm³/mol. The van der Waals surface area contributed by atoms with Gasteiger partial charge in [0.05, 0.1) is 6.04 Å². The van der Waals surface area contributed by atoms with E-state index in [0.717, 1.165) is 5.56 Å². The molecule has 2 aromatic rings. The van der Waals surface area contributed by atoms with E-state index in [1.54, 1.807) is 24.2 Å². The van der Waals surface area contributed by atoms with E-state index >= 15 is 0 Å². The average Bonchev–Trinajstić information content (AvgIpc) is 2.91. The summed E-state index contributed by atoms with van der Waals surface area (Å²) in [5, 5.41) is 0.698. The Morgan fingerprint density at radius 2 is 1.94 bits per heavy atom. The van der Waals surface area contributed by atoms with Crippen molar-refractivity contribution >= 4 is 17.5 Å². The molecule has 0 radical (unpaired) electrons. The van der Waals surface area contributed by atoms with Crippen molar-refractivity contribution in [1.82, 2.24) is 9.88 Å².